The van der Waals surface area contributed by atoms with Crippen LogP contribution in [0.1, 0.15) is 45.4 Å². The van der Waals surface area contributed by atoms with E-state index in [1.54, 1.807) is 19.9 Å². The SMILES string of the molecule is COc1nc(C/C=C(\C)C/C=C/C(C)=C/[C@@H](C)[C@@H](O[C@@H]2O[C@H](CO)[C@@H](O)[C@H](O)[C@H]2O)/C(C)=C/CO)c(C)c(O[C@H]2O[C@H](CO)[C@@H](O)[C@H](O)[C@H]2O)c1OC. The molecular formula is C37H57NO15. The van der Waals surface area contributed by atoms with E-state index in [-0.39, 0.29) is 29.9 Å². The first-order chi connectivity index (χ1) is 25.1. The molecule has 1 aromatic heterocycles. The molecule has 3 heterocycles. The maximum absolute atomic E-state index is 10.6. The molecule has 9 N–H and O–H groups in total. The molecule has 0 amide bonds. The Bertz CT molecular complexity index is 1440. The summed E-state index contributed by atoms with van der Waals surface area (Å²) in [7, 11) is 2.81. The number of allylic oxidation sites excluding steroid dienone is 5. The van der Waals surface area contributed by atoms with Gasteiger partial charge in [-0.15, -0.1) is 0 Å². The van der Waals surface area contributed by atoms with Gasteiger partial charge in [0.05, 0.1) is 45.8 Å². The van der Waals surface area contributed by atoms with Crippen LogP contribution >= 0.6 is 0 Å². The average molecular weight is 756 g/mol. The Morgan fingerprint density at radius 3 is 1.92 bits per heavy atom. The maximum atomic E-state index is 10.6. The largest absolute Gasteiger partial charge is 0.489 e. The highest BCUT2D eigenvalue weighted by Gasteiger charge is 2.46. The lowest BCUT2D eigenvalue weighted by Gasteiger charge is -2.41. The molecule has 0 aromatic carbocycles. The Labute approximate surface area is 309 Å². The molecule has 0 bridgehead atoms. The normalized spacial score (nSPS) is 31.4. The van der Waals surface area contributed by atoms with E-state index < -0.39 is 80.7 Å². The fourth-order valence-electron chi connectivity index (χ4n) is 6.17. The predicted molar refractivity (Wildman–Crippen MR) is 190 cm³/mol. The van der Waals surface area contributed by atoms with Crippen LogP contribution in [0.15, 0.2) is 47.1 Å². The highest BCUT2D eigenvalue weighted by atomic mass is 16.7. The summed E-state index contributed by atoms with van der Waals surface area (Å²) in [6, 6.07) is 0. The number of pyridine rings is 1. The standard InChI is InChI=1S/C37H57NO15/c1-18(9-8-10-19(2)15-21(4)32(20(3)13-14-39)52-36-30(46)28(44)26(42)24(16-40)50-36)11-12-23-22(5)33(34(48-6)35(38-23)49-7)53-37-31(47)29(45)27(43)25(17-41)51-37/h8,10-11,13,15,21,24-32,36-37,39-47H,9,12,14,16-17H2,1-7H3/b10-8+,18-11+,19-15+,20-13+/t21-,24-,25-,26-,27-,28+,29+,30-,31-,32+,36+,37-/m1/s1. The summed E-state index contributed by atoms with van der Waals surface area (Å²) in [6.45, 7) is 7.82. The Hall–Kier alpha value is -2.97. The molecule has 2 aliphatic heterocycles. The minimum absolute atomic E-state index is 0.117. The third-order valence-corrected chi connectivity index (χ3v) is 9.35. The summed E-state index contributed by atoms with van der Waals surface area (Å²) in [4.78, 5) is 4.59. The molecule has 2 fully saturated rings. The number of aromatic nitrogens is 1. The third-order valence-electron chi connectivity index (χ3n) is 9.35. The lowest BCUT2D eigenvalue weighted by molar-refractivity contribution is -0.310. The molecule has 300 valence electrons. The lowest BCUT2D eigenvalue weighted by Crippen LogP contribution is -2.60. The van der Waals surface area contributed by atoms with E-state index in [0.29, 0.717) is 29.7 Å². The number of hydrogen-bond acceptors (Lipinski definition) is 16. The summed E-state index contributed by atoms with van der Waals surface area (Å²) in [6.07, 6.45) is -4.81. The summed E-state index contributed by atoms with van der Waals surface area (Å²) < 4.78 is 34.1. The van der Waals surface area contributed by atoms with Crippen LogP contribution in [-0.2, 0) is 20.6 Å². The zero-order valence-electron chi connectivity index (χ0n) is 31.3. The minimum atomic E-state index is -1.63. The average Bonchev–Trinajstić information content (AvgIpc) is 3.13. The van der Waals surface area contributed by atoms with Gasteiger partial charge < -0.3 is 74.4 Å². The zero-order valence-corrected chi connectivity index (χ0v) is 31.3. The predicted octanol–water partition coefficient (Wildman–Crippen LogP) is -0.273. The van der Waals surface area contributed by atoms with Gasteiger partial charge in [0, 0.05) is 17.9 Å². The number of hydrogen-bond donors (Lipinski definition) is 9. The van der Waals surface area contributed by atoms with Gasteiger partial charge in [0.15, 0.2) is 12.0 Å². The van der Waals surface area contributed by atoms with Crippen molar-refractivity contribution in [2.24, 2.45) is 5.92 Å². The van der Waals surface area contributed by atoms with E-state index >= 15 is 0 Å². The van der Waals surface area contributed by atoms with Crippen LogP contribution in [0.2, 0.25) is 0 Å². The lowest BCUT2D eigenvalue weighted by atomic mass is 9.94. The monoisotopic (exact) mass is 755 g/mol. The van der Waals surface area contributed by atoms with Gasteiger partial charge in [0.25, 0.3) is 5.88 Å². The van der Waals surface area contributed by atoms with Crippen molar-refractivity contribution >= 4 is 0 Å². The van der Waals surface area contributed by atoms with Crippen molar-refractivity contribution in [1.29, 1.82) is 0 Å². The van der Waals surface area contributed by atoms with Crippen LogP contribution in [0.5, 0.6) is 17.4 Å². The Balaban J connectivity index is 1.74. The van der Waals surface area contributed by atoms with Crippen molar-refractivity contribution < 1.29 is 74.4 Å². The molecule has 12 atom stereocenters. The van der Waals surface area contributed by atoms with Crippen molar-refractivity contribution in [3.8, 4) is 17.4 Å². The molecule has 0 aliphatic carbocycles. The maximum Gasteiger partial charge on any atom is 0.261 e. The van der Waals surface area contributed by atoms with E-state index in [4.69, 9.17) is 28.4 Å². The molecule has 53 heavy (non-hydrogen) atoms. The second-order valence-electron chi connectivity index (χ2n) is 13.4. The van der Waals surface area contributed by atoms with Crippen molar-refractivity contribution in [1.82, 2.24) is 4.98 Å². The zero-order chi connectivity index (χ0) is 39.6. The Morgan fingerprint density at radius 1 is 0.792 bits per heavy atom. The van der Waals surface area contributed by atoms with Crippen molar-refractivity contribution in [2.75, 3.05) is 34.0 Å². The molecule has 2 aliphatic rings. The van der Waals surface area contributed by atoms with E-state index in [9.17, 15) is 46.0 Å². The summed E-state index contributed by atoms with van der Waals surface area (Å²) in [5.41, 5.74) is 3.70. The van der Waals surface area contributed by atoms with Gasteiger partial charge in [-0.05, 0) is 39.7 Å². The number of aliphatic hydroxyl groups is 9. The van der Waals surface area contributed by atoms with Crippen LogP contribution in [0.3, 0.4) is 0 Å². The van der Waals surface area contributed by atoms with Gasteiger partial charge >= 0.3 is 0 Å². The first-order valence-corrected chi connectivity index (χ1v) is 17.5. The summed E-state index contributed by atoms with van der Waals surface area (Å²) in [5, 5.41) is 90.5. The van der Waals surface area contributed by atoms with Crippen LogP contribution in [-0.4, -0.2) is 152 Å². The fourth-order valence-corrected chi connectivity index (χ4v) is 6.17. The Morgan fingerprint density at radius 2 is 1.38 bits per heavy atom. The van der Waals surface area contributed by atoms with E-state index in [1.165, 1.54) is 14.2 Å². The topological polar surface area (TPSA) is 250 Å². The van der Waals surface area contributed by atoms with Crippen LogP contribution in [0.4, 0.5) is 0 Å². The summed E-state index contributed by atoms with van der Waals surface area (Å²) in [5.74, 6) is 0.113. The fraction of sp³-hybridized carbons (Fsp3) is 0.649. The van der Waals surface area contributed by atoms with Gasteiger partial charge in [-0.1, -0.05) is 48.5 Å². The molecule has 3 rings (SSSR count). The minimum Gasteiger partial charge on any atom is -0.489 e. The smallest absolute Gasteiger partial charge is 0.261 e. The van der Waals surface area contributed by atoms with Gasteiger partial charge in [0.1, 0.15) is 48.8 Å². The molecule has 1 aromatic rings. The van der Waals surface area contributed by atoms with Crippen LogP contribution < -0.4 is 14.2 Å². The highest BCUT2D eigenvalue weighted by Crippen LogP contribution is 2.41. The first kappa shape index (κ1) is 44.4. The first-order valence-electron chi connectivity index (χ1n) is 17.5. The Kier molecular flexibility index (Phi) is 17.3. The third kappa shape index (κ3) is 11.1. The number of methoxy groups -OCH3 is 2. The molecule has 0 radical (unpaired) electrons. The van der Waals surface area contributed by atoms with Crippen LogP contribution in [0.25, 0.3) is 0 Å². The van der Waals surface area contributed by atoms with Gasteiger partial charge in [0.2, 0.25) is 12.0 Å². The highest BCUT2D eigenvalue weighted by molar-refractivity contribution is 5.54. The second kappa shape index (κ2) is 20.6. The van der Waals surface area contributed by atoms with Crippen LogP contribution in [0, 0.1) is 12.8 Å². The number of aliphatic hydroxyl groups excluding tert-OH is 9. The van der Waals surface area contributed by atoms with Crippen molar-refractivity contribution in [2.45, 2.75) is 115 Å². The number of rotatable bonds is 17. The molecule has 0 unspecified atom stereocenters. The van der Waals surface area contributed by atoms with E-state index in [1.807, 2.05) is 45.1 Å². The van der Waals surface area contributed by atoms with E-state index in [2.05, 4.69) is 4.98 Å². The molecule has 0 saturated carbocycles. The summed E-state index contributed by atoms with van der Waals surface area (Å²) >= 11 is 0. The van der Waals surface area contributed by atoms with Crippen molar-refractivity contribution in [3.63, 3.8) is 0 Å². The van der Waals surface area contributed by atoms with Gasteiger partial charge in [-0.2, -0.15) is 0 Å². The second-order valence-corrected chi connectivity index (χ2v) is 13.4. The number of ether oxygens (including phenoxy) is 6. The van der Waals surface area contributed by atoms with E-state index in [0.717, 1.165) is 11.1 Å². The van der Waals surface area contributed by atoms with Gasteiger partial charge in [-0.3, -0.25) is 0 Å². The van der Waals surface area contributed by atoms with Crippen molar-refractivity contribution in [3.05, 3.63) is 58.4 Å². The molecule has 16 heteroatoms. The quantitative estimate of drug-likeness (QED) is 0.0733. The molecule has 16 nitrogen and oxygen atoms in total. The molecule has 2 saturated heterocycles. The molecule has 0 spiro atoms. The number of nitrogens with zero attached hydrogens (tertiary/aromatic N) is 1. The van der Waals surface area contributed by atoms with Gasteiger partial charge in [-0.25, -0.2) is 4.98 Å². The molecular weight excluding hydrogens is 698 g/mol.